The van der Waals surface area contributed by atoms with Gasteiger partial charge in [0, 0.05) is 15.9 Å². The summed E-state index contributed by atoms with van der Waals surface area (Å²) in [4.78, 5) is 26.1. The third-order valence-corrected chi connectivity index (χ3v) is 4.29. The molecule has 2 aromatic rings. The second-order valence-corrected chi connectivity index (χ2v) is 5.77. The van der Waals surface area contributed by atoms with Crippen molar-refractivity contribution in [2.24, 2.45) is 0 Å². The van der Waals surface area contributed by atoms with Gasteiger partial charge in [-0.05, 0) is 53.5 Å². The molecule has 3 N–H and O–H groups in total. The summed E-state index contributed by atoms with van der Waals surface area (Å²) in [7, 11) is 0. The molecule has 1 amide bonds. The van der Waals surface area contributed by atoms with Crippen molar-refractivity contribution in [2.45, 2.75) is 13.8 Å². The number of carboxylic acid groups (broad SMARTS) is 1. The van der Waals surface area contributed by atoms with Gasteiger partial charge in [0.05, 0.1) is 10.6 Å². The third-order valence-electron chi connectivity index (χ3n) is 3.06. The minimum Gasteiger partial charge on any atom is -0.477 e. The average Bonchev–Trinajstić information content (AvgIpc) is 2.69. The number of benzene rings is 1. The van der Waals surface area contributed by atoms with Gasteiger partial charge in [-0.15, -0.1) is 0 Å². The van der Waals surface area contributed by atoms with Crippen molar-refractivity contribution in [1.29, 1.82) is 0 Å². The van der Waals surface area contributed by atoms with E-state index in [-0.39, 0.29) is 11.6 Å². The van der Waals surface area contributed by atoms with Crippen LogP contribution >= 0.6 is 27.5 Å². The van der Waals surface area contributed by atoms with Crippen molar-refractivity contribution in [3.63, 3.8) is 0 Å². The molecule has 0 unspecified atom stereocenters. The largest absolute Gasteiger partial charge is 0.477 e. The summed E-state index contributed by atoms with van der Waals surface area (Å²) in [5, 5.41) is 12.2. The molecule has 1 aromatic heterocycles. The van der Waals surface area contributed by atoms with E-state index in [0.717, 1.165) is 4.47 Å². The van der Waals surface area contributed by atoms with Crippen LogP contribution in [-0.4, -0.2) is 22.0 Å². The van der Waals surface area contributed by atoms with E-state index < -0.39 is 5.97 Å². The molecule has 0 atom stereocenters. The van der Waals surface area contributed by atoms with Gasteiger partial charge >= 0.3 is 5.97 Å². The Balaban J connectivity index is 2.32. The molecule has 21 heavy (non-hydrogen) atoms. The number of hydrogen-bond acceptors (Lipinski definition) is 2. The first-order valence-electron chi connectivity index (χ1n) is 6.00. The molecule has 1 aromatic carbocycles. The van der Waals surface area contributed by atoms with Gasteiger partial charge in [0.1, 0.15) is 5.69 Å². The fourth-order valence-electron chi connectivity index (χ4n) is 2.07. The molecule has 0 bridgehead atoms. The van der Waals surface area contributed by atoms with E-state index in [4.69, 9.17) is 16.7 Å². The number of aromatic amines is 1. The van der Waals surface area contributed by atoms with Crippen molar-refractivity contribution < 1.29 is 14.7 Å². The molecular weight excluding hydrogens is 360 g/mol. The topological polar surface area (TPSA) is 82.2 Å². The molecule has 5 nitrogen and oxygen atoms in total. The van der Waals surface area contributed by atoms with E-state index >= 15 is 0 Å². The normalized spacial score (nSPS) is 10.5. The van der Waals surface area contributed by atoms with Gasteiger partial charge in [0.15, 0.2) is 0 Å². The molecule has 1 heterocycles. The second kappa shape index (κ2) is 5.91. The Hall–Kier alpha value is -1.79. The molecule has 0 fully saturated rings. The Bertz CT molecular complexity index is 740. The monoisotopic (exact) mass is 370 g/mol. The number of nitrogens with one attached hydrogen (secondary N) is 2. The van der Waals surface area contributed by atoms with E-state index in [2.05, 4.69) is 26.2 Å². The maximum atomic E-state index is 12.3. The number of carboxylic acids is 1. The number of H-pyrrole nitrogens is 1. The Morgan fingerprint density at radius 1 is 1.33 bits per heavy atom. The van der Waals surface area contributed by atoms with Crippen LogP contribution in [-0.2, 0) is 0 Å². The number of amides is 1. The van der Waals surface area contributed by atoms with Crippen molar-refractivity contribution in [3.8, 4) is 0 Å². The van der Waals surface area contributed by atoms with Crippen LogP contribution in [0.3, 0.4) is 0 Å². The summed E-state index contributed by atoms with van der Waals surface area (Å²) in [6.45, 7) is 3.25. The predicted molar refractivity (Wildman–Crippen MR) is 84.3 cm³/mol. The highest BCUT2D eigenvalue weighted by Gasteiger charge is 2.21. The average molecular weight is 372 g/mol. The summed E-state index contributed by atoms with van der Waals surface area (Å²) < 4.78 is 0.726. The minimum absolute atomic E-state index is 0.0199. The molecule has 0 radical (unpaired) electrons. The van der Waals surface area contributed by atoms with Gasteiger partial charge in [0.25, 0.3) is 5.91 Å². The molecule has 0 saturated heterocycles. The first-order chi connectivity index (χ1) is 9.81. The number of aryl methyl sites for hydroxylation is 1. The van der Waals surface area contributed by atoms with Crippen LogP contribution in [0.1, 0.15) is 32.1 Å². The Kier molecular flexibility index (Phi) is 4.39. The first-order valence-corrected chi connectivity index (χ1v) is 7.17. The summed E-state index contributed by atoms with van der Waals surface area (Å²) in [5.74, 6) is -1.48. The first kappa shape index (κ1) is 15.6. The lowest BCUT2D eigenvalue weighted by molar-refractivity contribution is 0.0690. The maximum Gasteiger partial charge on any atom is 0.352 e. The van der Waals surface area contributed by atoms with Gasteiger partial charge in [-0.1, -0.05) is 11.6 Å². The lowest BCUT2D eigenvalue weighted by Gasteiger charge is -2.07. The SMILES string of the molecule is Cc1[nH]c(C(=O)O)c(C)c1C(=O)Nc1ccc(Br)c(Cl)c1. The van der Waals surface area contributed by atoms with Crippen molar-refractivity contribution in [1.82, 2.24) is 4.98 Å². The van der Waals surface area contributed by atoms with Gasteiger partial charge in [0.2, 0.25) is 0 Å². The lowest BCUT2D eigenvalue weighted by atomic mass is 10.1. The number of anilines is 1. The fraction of sp³-hybridized carbons (Fsp3) is 0.143. The minimum atomic E-state index is -1.10. The fourth-order valence-corrected chi connectivity index (χ4v) is 2.50. The zero-order valence-corrected chi connectivity index (χ0v) is 13.6. The second-order valence-electron chi connectivity index (χ2n) is 4.51. The van der Waals surface area contributed by atoms with Crippen LogP contribution in [0.2, 0.25) is 5.02 Å². The zero-order chi connectivity index (χ0) is 15.7. The maximum absolute atomic E-state index is 12.3. The Labute approximate surface area is 134 Å². The molecule has 0 spiro atoms. The molecule has 7 heteroatoms. The molecule has 2 rings (SSSR count). The summed E-state index contributed by atoms with van der Waals surface area (Å²) in [6.07, 6.45) is 0. The van der Waals surface area contributed by atoms with Crippen molar-refractivity contribution in [2.75, 3.05) is 5.32 Å². The highest BCUT2D eigenvalue weighted by Crippen LogP contribution is 2.26. The molecule has 110 valence electrons. The van der Waals surface area contributed by atoms with Crippen LogP contribution in [0, 0.1) is 13.8 Å². The van der Waals surface area contributed by atoms with Crippen LogP contribution in [0.5, 0.6) is 0 Å². The number of carbonyl (C=O) groups excluding carboxylic acids is 1. The van der Waals surface area contributed by atoms with E-state index in [1.807, 2.05) is 0 Å². The number of rotatable bonds is 3. The van der Waals surface area contributed by atoms with Crippen LogP contribution in [0.25, 0.3) is 0 Å². The molecule has 0 aliphatic heterocycles. The quantitative estimate of drug-likeness (QED) is 0.762. The van der Waals surface area contributed by atoms with Gasteiger partial charge < -0.3 is 15.4 Å². The smallest absolute Gasteiger partial charge is 0.352 e. The molecular formula is C14H12BrClN2O3. The molecule has 0 aliphatic rings. The molecule has 0 aliphatic carbocycles. The molecule has 0 saturated carbocycles. The van der Waals surface area contributed by atoms with E-state index in [1.54, 1.807) is 32.0 Å². The van der Waals surface area contributed by atoms with Gasteiger partial charge in [-0.2, -0.15) is 0 Å². The van der Waals surface area contributed by atoms with Crippen molar-refractivity contribution >= 4 is 45.1 Å². The number of carbonyl (C=O) groups is 2. The third kappa shape index (κ3) is 3.11. The Morgan fingerprint density at radius 2 is 2.00 bits per heavy atom. The highest BCUT2D eigenvalue weighted by atomic mass is 79.9. The van der Waals surface area contributed by atoms with Crippen molar-refractivity contribution in [3.05, 3.63) is 50.2 Å². The number of aromatic carboxylic acids is 1. The number of hydrogen-bond donors (Lipinski definition) is 3. The van der Waals surface area contributed by atoms with Crippen LogP contribution in [0.4, 0.5) is 5.69 Å². The van der Waals surface area contributed by atoms with E-state index in [1.165, 1.54) is 0 Å². The predicted octanol–water partition coefficient (Wildman–Crippen LogP) is 4.00. The summed E-state index contributed by atoms with van der Waals surface area (Å²) >= 11 is 9.24. The van der Waals surface area contributed by atoms with E-state index in [9.17, 15) is 9.59 Å². The zero-order valence-electron chi connectivity index (χ0n) is 11.3. The number of aromatic nitrogens is 1. The van der Waals surface area contributed by atoms with Crippen LogP contribution in [0.15, 0.2) is 22.7 Å². The highest BCUT2D eigenvalue weighted by molar-refractivity contribution is 9.10. The summed E-state index contributed by atoms with van der Waals surface area (Å²) in [6, 6.07) is 5.03. The van der Waals surface area contributed by atoms with E-state index in [0.29, 0.717) is 27.5 Å². The van der Waals surface area contributed by atoms with Gasteiger partial charge in [-0.25, -0.2) is 4.79 Å². The standard InChI is InChI=1S/C14H12BrClN2O3/c1-6-11(7(2)17-12(6)14(20)21)13(19)18-8-3-4-9(15)10(16)5-8/h3-5,17H,1-2H3,(H,18,19)(H,20,21). The van der Waals surface area contributed by atoms with Gasteiger partial charge in [-0.3, -0.25) is 4.79 Å². The number of halogens is 2. The summed E-state index contributed by atoms with van der Waals surface area (Å²) in [5.41, 5.74) is 1.79. The van der Waals surface area contributed by atoms with Crippen LogP contribution < -0.4 is 5.32 Å². The lowest BCUT2D eigenvalue weighted by Crippen LogP contribution is -2.14. The Morgan fingerprint density at radius 3 is 2.52 bits per heavy atom.